The van der Waals surface area contributed by atoms with Crippen molar-refractivity contribution in [2.45, 2.75) is 19.4 Å². The number of hydrogen-bond acceptors (Lipinski definition) is 4. The smallest absolute Gasteiger partial charge is 0.345 e. The van der Waals surface area contributed by atoms with Crippen molar-refractivity contribution in [3.8, 4) is 10.6 Å². The summed E-state index contributed by atoms with van der Waals surface area (Å²) >= 11 is 0. The second-order valence-corrected chi connectivity index (χ2v) is 10.8. The molecule has 4 nitrogen and oxygen atoms in total. The van der Waals surface area contributed by atoms with Gasteiger partial charge in [0.2, 0.25) is 5.43 Å². The van der Waals surface area contributed by atoms with Gasteiger partial charge < -0.3 is 9.47 Å². The predicted octanol–water partition coefficient (Wildman–Crippen LogP) is 7.09. The SMILES string of the molecule is CC(C)(OC(=O)COc1ccc(-[s+]2c3ccccc3c(=O)c3ccccc32)cc1)c1cccc(F)c1. The molecule has 1 heterocycles. The molecule has 0 atom stereocenters. The van der Waals surface area contributed by atoms with Gasteiger partial charge in [0, 0.05) is 22.6 Å². The van der Waals surface area contributed by atoms with E-state index in [-0.39, 0.29) is 17.9 Å². The molecule has 0 fully saturated rings. The summed E-state index contributed by atoms with van der Waals surface area (Å²) in [5.41, 5.74) is -0.385. The fraction of sp³-hybridized carbons (Fsp3) is 0.133. The molecular weight excluding hydrogens is 475 g/mol. The van der Waals surface area contributed by atoms with Gasteiger partial charge in [-0.2, -0.15) is 0 Å². The zero-order chi connectivity index (χ0) is 25.3. The van der Waals surface area contributed by atoms with Crippen molar-refractivity contribution in [3.63, 3.8) is 0 Å². The summed E-state index contributed by atoms with van der Waals surface area (Å²) in [6.45, 7) is 3.14. The van der Waals surface area contributed by atoms with E-state index < -0.39 is 22.0 Å². The van der Waals surface area contributed by atoms with Gasteiger partial charge in [0.05, 0.1) is 10.8 Å². The van der Waals surface area contributed by atoms with Gasteiger partial charge in [0.15, 0.2) is 20.9 Å². The van der Waals surface area contributed by atoms with Crippen molar-refractivity contribution in [2.75, 3.05) is 6.61 Å². The average molecular weight is 500 g/mol. The molecule has 6 heteroatoms. The van der Waals surface area contributed by atoms with Crippen molar-refractivity contribution < 1.29 is 18.7 Å². The fourth-order valence-corrected chi connectivity index (χ4v) is 6.58. The third-order valence-electron chi connectivity index (χ3n) is 6.01. The molecule has 0 radical (unpaired) electrons. The van der Waals surface area contributed by atoms with E-state index in [0.29, 0.717) is 11.3 Å². The number of carbonyl (C=O) groups is 1. The van der Waals surface area contributed by atoms with Gasteiger partial charge in [-0.15, -0.1) is 0 Å². The maximum absolute atomic E-state index is 13.6. The summed E-state index contributed by atoms with van der Waals surface area (Å²) in [5, 5.41) is 1.45. The summed E-state index contributed by atoms with van der Waals surface area (Å²) in [6.07, 6.45) is 0. The Bertz CT molecular complexity index is 1580. The minimum atomic E-state index is -0.993. The third-order valence-corrected chi connectivity index (χ3v) is 8.34. The number of rotatable bonds is 6. The average Bonchev–Trinajstić information content (AvgIpc) is 2.88. The topological polar surface area (TPSA) is 52.6 Å². The standard InChI is InChI=1S/C30H24FO4S/c1-30(2,20-8-7-9-21(31)18-20)35-28(32)19-34-22-14-16-23(17-15-22)36-26-12-5-3-10-24(26)29(33)25-11-4-6-13-27(25)36/h3-18H,19H2,1-2H3/q+1. The van der Waals surface area contributed by atoms with Crippen LogP contribution < -0.4 is 10.2 Å². The Morgan fingerprint density at radius 3 is 2.06 bits per heavy atom. The fourth-order valence-electron chi connectivity index (χ4n) is 4.23. The summed E-state index contributed by atoms with van der Waals surface area (Å²) < 4.78 is 26.8. The summed E-state index contributed by atoms with van der Waals surface area (Å²) in [4.78, 5) is 26.5. The Kier molecular flexibility index (Phi) is 6.29. The first-order chi connectivity index (χ1) is 17.3. The molecule has 180 valence electrons. The van der Waals surface area contributed by atoms with Gasteiger partial charge in [0.1, 0.15) is 17.2 Å². The number of fused-ring (bicyclic) bond motifs is 2. The van der Waals surface area contributed by atoms with Crippen LogP contribution in [0.2, 0.25) is 0 Å². The molecule has 0 unspecified atom stereocenters. The molecule has 0 spiro atoms. The number of benzene rings is 4. The lowest BCUT2D eigenvalue weighted by atomic mass is 9.98. The van der Waals surface area contributed by atoms with Crippen LogP contribution in [0, 0.1) is 5.82 Å². The van der Waals surface area contributed by atoms with Crippen LogP contribution in [0.1, 0.15) is 19.4 Å². The minimum Gasteiger partial charge on any atom is -0.482 e. The van der Waals surface area contributed by atoms with E-state index in [2.05, 4.69) is 0 Å². The molecule has 5 rings (SSSR count). The van der Waals surface area contributed by atoms with Crippen molar-refractivity contribution in [1.82, 2.24) is 0 Å². The van der Waals surface area contributed by atoms with E-state index in [0.717, 1.165) is 25.1 Å². The predicted molar refractivity (Wildman–Crippen MR) is 143 cm³/mol. The Labute approximate surface area is 210 Å². The van der Waals surface area contributed by atoms with Gasteiger partial charge in [-0.05, 0) is 67.9 Å². The van der Waals surface area contributed by atoms with Crippen LogP contribution >= 0.6 is 10.5 Å². The van der Waals surface area contributed by atoms with E-state index in [4.69, 9.17) is 9.47 Å². The molecule has 36 heavy (non-hydrogen) atoms. The highest BCUT2D eigenvalue weighted by Gasteiger charge is 2.26. The lowest BCUT2D eigenvalue weighted by Gasteiger charge is -2.25. The van der Waals surface area contributed by atoms with Crippen LogP contribution in [0.15, 0.2) is 102 Å². The van der Waals surface area contributed by atoms with Crippen LogP contribution in [0.25, 0.3) is 25.1 Å². The molecule has 0 bridgehead atoms. The van der Waals surface area contributed by atoms with Crippen LogP contribution in [-0.4, -0.2) is 12.6 Å². The third kappa shape index (κ3) is 4.60. The van der Waals surface area contributed by atoms with Gasteiger partial charge >= 0.3 is 5.97 Å². The maximum atomic E-state index is 13.6. The molecule has 0 aliphatic carbocycles. The van der Waals surface area contributed by atoms with Crippen LogP contribution in [0.4, 0.5) is 4.39 Å². The number of halogens is 1. The Morgan fingerprint density at radius 2 is 1.44 bits per heavy atom. The number of hydrogen-bond donors (Lipinski definition) is 0. The molecule has 4 aromatic carbocycles. The second kappa shape index (κ2) is 9.55. The molecule has 0 saturated carbocycles. The van der Waals surface area contributed by atoms with Crippen molar-refractivity contribution in [1.29, 1.82) is 0 Å². The largest absolute Gasteiger partial charge is 0.482 e. The first kappa shape index (κ1) is 23.7. The normalized spacial score (nSPS) is 11.5. The maximum Gasteiger partial charge on any atom is 0.345 e. The van der Waals surface area contributed by atoms with E-state index in [1.807, 2.05) is 72.8 Å². The molecule has 0 aliphatic rings. The van der Waals surface area contributed by atoms with E-state index in [9.17, 15) is 14.0 Å². The quantitative estimate of drug-likeness (QED) is 0.142. The van der Waals surface area contributed by atoms with Gasteiger partial charge in [-0.25, -0.2) is 9.18 Å². The summed E-state index contributed by atoms with van der Waals surface area (Å²) in [6, 6.07) is 29.0. The Balaban J connectivity index is 1.36. The minimum absolute atomic E-state index is 0.0459. The lowest BCUT2D eigenvalue weighted by Crippen LogP contribution is -2.28. The Morgan fingerprint density at radius 1 is 0.833 bits per heavy atom. The van der Waals surface area contributed by atoms with Crippen molar-refractivity contribution in [3.05, 3.63) is 119 Å². The molecule has 0 saturated heterocycles. The van der Waals surface area contributed by atoms with E-state index in [1.54, 1.807) is 26.0 Å². The highest BCUT2D eigenvalue weighted by molar-refractivity contribution is 7.49. The molecule has 0 N–H and O–H groups in total. The number of esters is 1. The van der Waals surface area contributed by atoms with Gasteiger partial charge in [-0.1, -0.05) is 36.4 Å². The second-order valence-electron chi connectivity index (χ2n) is 8.88. The zero-order valence-electron chi connectivity index (χ0n) is 19.9. The number of ether oxygens (including phenoxy) is 2. The summed E-state index contributed by atoms with van der Waals surface area (Å²) in [7, 11) is -0.435. The molecule has 1 aromatic heterocycles. The molecule has 0 aliphatic heterocycles. The monoisotopic (exact) mass is 499 g/mol. The lowest BCUT2D eigenvalue weighted by molar-refractivity contribution is -0.159. The van der Waals surface area contributed by atoms with E-state index in [1.165, 1.54) is 12.1 Å². The van der Waals surface area contributed by atoms with Crippen molar-refractivity contribution >= 4 is 36.6 Å². The van der Waals surface area contributed by atoms with Crippen LogP contribution in [-0.2, 0) is 15.1 Å². The van der Waals surface area contributed by atoms with Gasteiger partial charge in [0.25, 0.3) is 0 Å². The first-order valence-electron chi connectivity index (χ1n) is 11.5. The summed E-state index contributed by atoms with van der Waals surface area (Å²) in [5.74, 6) is -0.414. The Hall–Kier alpha value is -4.03. The highest BCUT2D eigenvalue weighted by atomic mass is 32.2. The highest BCUT2D eigenvalue weighted by Crippen LogP contribution is 2.43. The van der Waals surface area contributed by atoms with E-state index >= 15 is 0 Å². The van der Waals surface area contributed by atoms with Crippen LogP contribution in [0.3, 0.4) is 0 Å². The molecular formula is C30H24FO4S+. The zero-order valence-corrected chi connectivity index (χ0v) is 20.7. The number of carbonyl (C=O) groups excluding carboxylic acids is 1. The van der Waals surface area contributed by atoms with Crippen molar-refractivity contribution in [2.24, 2.45) is 0 Å². The molecule has 5 aromatic rings. The molecule has 0 amide bonds. The first-order valence-corrected chi connectivity index (χ1v) is 12.7. The van der Waals surface area contributed by atoms with Gasteiger partial charge in [-0.3, -0.25) is 4.79 Å². The van der Waals surface area contributed by atoms with Crippen LogP contribution in [0.5, 0.6) is 5.75 Å².